The van der Waals surface area contributed by atoms with Crippen LogP contribution < -0.4 is 5.73 Å². The van der Waals surface area contributed by atoms with Crippen molar-refractivity contribution in [2.45, 2.75) is 39.2 Å². The number of fused-ring (bicyclic) bond motifs is 1. The molecule has 1 saturated carbocycles. The highest BCUT2D eigenvalue weighted by Crippen LogP contribution is 2.42. The SMILES string of the molecule is CCn1c(CC2(CN)CCC2)nc2ccccc21. The van der Waals surface area contributed by atoms with E-state index < -0.39 is 0 Å². The first-order chi connectivity index (χ1) is 8.78. The lowest BCUT2D eigenvalue weighted by Crippen LogP contribution is -2.39. The first kappa shape index (κ1) is 11.7. The van der Waals surface area contributed by atoms with Crippen LogP contribution in [0.3, 0.4) is 0 Å². The van der Waals surface area contributed by atoms with E-state index in [4.69, 9.17) is 10.7 Å². The number of para-hydroxylation sites is 2. The Bertz CT molecular complexity index is 546. The molecule has 2 N–H and O–H groups in total. The Morgan fingerprint density at radius 2 is 2.11 bits per heavy atom. The van der Waals surface area contributed by atoms with Crippen molar-refractivity contribution < 1.29 is 0 Å². The number of nitrogens with two attached hydrogens (primary N) is 1. The summed E-state index contributed by atoms with van der Waals surface area (Å²) in [4.78, 5) is 4.81. The van der Waals surface area contributed by atoms with E-state index in [1.807, 2.05) is 0 Å². The molecular weight excluding hydrogens is 222 g/mol. The Hall–Kier alpha value is -1.35. The quantitative estimate of drug-likeness (QED) is 0.897. The monoisotopic (exact) mass is 243 g/mol. The second-order valence-electron chi connectivity index (χ2n) is 5.50. The highest BCUT2D eigenvalue weighted by atomic mass is 15.1. The summed E-state index contributed by atoms with van der Waals surface area (Å²) in [7, 11) is 0. The number of imidazole rings is 1. The average Bonchev–Trinajstić information content (AvgIpc) is 2.70. The molecule has 0 radical (unpaired) electrons. The predicted octanol–water partition coefficient (Wildman–Crippen LogP) is 2.73. The lowest BCUT2D eigenvalue weighted by atomic mass is 9.66. The third-order valence-electron chi connectivity index (χ3n) is 4.43. The Morgan fingerprint density at radius 1 is 1.33 bits per heavy atom. The van der Waals surface area contributed by atoms with Gasteiger partial charge in [0, 0.05) is 13.0 Å². The molecule has 0 bridgehead atoms. The van der Waals surface area contributed by atoms with Crippen molar-refractivity contribution in [2.24, 2.45) is 11.1 Å². The van der Waals surface area contributed by atoms with Crippen LogP contribution in [0.4, 0.5) is 0 Å². The van der Waals surface area contributed by atoms with Crippen LogP contribution in [-0.2, 0) is 13.0 Å². The van der Waals surface area contributed by atoms with Crippen molar-refractivity contribution in [3.05, 3.63) is 30.1 Å². The molecule has 1 aromatic carbocycles. The molecule has 0 atom stereocenters. The molecule has 96 valence electrons. The maximum absolute atomic E-state index is 5.97. The van der Waals surface area contributed by atoms with Crippen LogP contribution in [0.1, 0.15) is 32.0 Å². The maximum atomic E-state index is 5.97. The zero-order valence-electron chi connectivity index (χ0n) is 11.0. The molecule has 0 amide bonds. The lowest BCUT2D eigenvalue weighted by Gasteiger charge is -2.40. The Morgan fingerprint density at radius 3 is 2.72 bits per heavy atom. The molecule has 0 aliphatic heterocycles. The van der Waals surface area contributed by atoms with Crippen LogP contribution in [-0.4, -0.2) is 16.1 Å². The molecule has 3 nitrogen and oxygen atoms in total. The van der Waals surface area contributed by atoms with E-state index in [1.54, 1.807) is 0 Å². The van der Waals surface area contributed by atoms with Gasteiger partial charge in [0.2, 0.25) is 0 Å². The molecule has 1 aromatic heterocycles. The molecule has 2 aromatic rings. The van der Waals surface area contributed by atoms with Crippen LogP contribution in [0.25, 0.3) is 11.0 Å². The molecule has 18 heavy (non-hydrogen) atoms. The van der Waals surface area contributed by atoms with E-state index in [-0.39, 0.29) is 0 Å². The second-order valence-corrected chi connectivity index (χ2v) is 5.50. The fourth-order valence-corrected chi connectivity index (χ4v) is 3.08. The molecule has 0 spiro atoms. The largest absolute Gasteiger partial charge is 0.330 e. The summed E-state index contributed by atoms with van der Waals surface area (Å²) in [6.45, 7) is 3.96. The van der Waals surface area contributed by atoms with Crippen LogP contribution in [0.5, 0.6) is 0 Å². The number of hydrogen-bond acceptors (Lipinski definition) is 2. The van der Waals surface area contributed by atoms with Gasteiger partial charge in [-0.15, -0.1) is 0 Å². The Balaban J connectivity index is 2.00. The first-order valence-electron chi connectivity index (χ1n) is 6.92. The van der Waals surface area contributed by atoms with Crippen molar-refractivity contribution in [1.29, 1.82) is 0 Å². The molecule has 0 saturated heterocycles. The fraction of sp³-hybridized carbons (Fsp3) is 0.533. The topological polar surface area (TPSA) is 43.8 Å². The van der Waals surface area contributed by atoms with Gasteiger partial charge in [0.1, 0.15) is 5.82 Å². The smallest absolute Gasteiger partial charge is 0.110 e. The summed E-state index contributed by atoms with van der Waals surface area (Å²) in [6, 6.07) is 8.40. The van der Waals surface area contributed by atoms with Crippen LogP contribution in [0, 0.1) is 5.41 Å². The number of nitrogens with zero attached hydrogens (tertiary/aromatic N) is 2. The summed E-state index contributed by atoms with van der Waals surface area (Å²) < 4.78 is 2.34. The van der Waals surface area contributed by atoms with Gasteiger partial charge in [0.15, 0.2) is 0 Å². The zero-order valence-corrected chi connectivity index (χ0v) is 11.0. The number of hydrogen-bond donors (Lipinski definition) is 1. The van der Waals surface area contributed by atoms with Crippen molar-refractivity contribution in [3.63, 3.8) is 0 Å². The third-order valence-corrected chi connectivity index (χ3v) is 4.43. The molecule has 0 unspecified atom stereocenters. The van der Waals surface area contributed by atoms with E-state index in [2.05, 4.69) is 35.8 Å². The Labute approximate surface area is 108 Å². The van der Waals surface area contributed by atoms with Gasteiger partial charge in [0.25, 0.3) is 0 Å². The van der Waals surface area contributed by atoms with Crippen molar-refractivity contribution >= 4 is 11.0 Å². The van der Waals surface area contributed by atoms with Gasteiger partial charge < -0.3 is 10.3 Å². The normalized spacial score (nSPS) is 17.9. The second kappa shape index (κ2) is 4.39. The van der Waals surface area contributed by atoms with Gasteiger partial charge in [-0.25, -0.2) is 4.98 Å². The molecule has 3 rings (SSSR count). The van der Waals surface area contributed by atoms with Crippen molar-refractivity contribution in [2.75, 3.05) is 6.54 Å². The molecule has 1 aliphatic carbocycles. The zero-order chi connectivity index (χ0) is 12.6. The number of rotatable bonds is 4. The molecule has 1 fully saturated rings. The number of benzene rings is 1. The predicted molar refractivity (Wildman–Crippen MR) is 74.4 cm³/mol. The minimum Gasteiger partial charge on any atom is -0.330 e. The summed E-state index contributed by atoms with van der Waals surface area (Å²) >= 11 is 0. The van der Waals surface area contributed by atoms with E-state index >= 15 is 0 Å². The minimum atomic E-state index is 0.328. The summed E-state index contributed by atoms with van der Waals surface area (Å²) in [5, 5.41) is 0. The molecule has 1 aliphatic rings. The van der Waals surface area contributed by atoms with Crippen LogP contribution in [0.15, 0.2) is 24.3 Å². The van der Waals surface area contributed by atoms with Gasteiger partial charge in [-0.3, -0.25) is 0 Å². The number of aryl methyl sites for hydroxylation is 1. The van der Waals surface area contributed by atoms with E-state index in [9.17, 15) is 0 Å². The molecule has 3 heteroatoms. The Kier molecular flexibility index (Phi) is 2.86. The fourth-order valence-electron chi connectivity index (χ4n) is 3.08. The van der Waals surface area contributed by atoms with E-state index in [0.717, 1.165) is 25.0 Å². The van der Waals surface area contributed by atoms with Crippen LogP contribution >= 0.6 is 0 Å². The third kappa shape index (κ3) is 1.74. The summed E-state index contributed by atoms with van der Waals surface area (Å²) in [6.07, 6.45) is 4.88. The standard InChI is InChI=1S/C15H21N3/c1-2-18-13-7-4-3-6-12(13)17-14(18)10-15(11-16)8-5-9-15/h3-4,6-7H,2,5,8-11,16H2,1H3. The minimum absolute atomic E-state index is 0.328. The average molecular weight is 243 g/mol. The van der Waals surface area contributed by atoms with Gasteiger partial charge >= 0.3 is 0 Å². The van der Waals surface area contributed by atoms with Crippen LogP contribution in [0.2, 0.25) is 0 Å². The number of aromatic nitrogens is 2. The van der Waals surface area contributed by atoms with Crippen molar-refractivity contribution in [1.82, 2.24) is 9.55 Å². The van der Waals surface area contributed by atoms with E-state index in [1.165, 1.54) is 30.6 Å². The van der Waals surface area contributed by atoms with E-state index in [0.29, 0.717) is 5.41 Å². The van der Waals surface area contributed by atoms with Gasteiger partial charge in [0.05, 0.1) is 11.0 Å². The maximum Gasteiger partial charge on any atom is 0.110 e. The molecular formula is C15H21N3. The van der Waals surface area contributed by atoms with Gasteiger partial charge in [-0.1, -0.05) is 18.6 Å². The summed E-state index contributed by atoms with van der Waals surface area (Å²) in [5.74, 6) is 1.21. The van der Waals surface area contributed by atoms with Gasteiger partial charge in [-0.2, -0.15) is 0 Å². The highest BCUT2D eigenvalue weighted by molar-refractivity contribution is 5.75. The summed E-state index contributed by atoms with van der Waals surface area (Å²) in [5.41, 5.74) is 8.66. The highest BCUT2D eigenvalue weighted by Gasteiger charge is 2.37. The van der Waals surface area contributed by atoms with Gasteiger partial charge in [-0.05, 0) is 43.9 Å². The van der Waals surface area contributed by atoms with Crippen molar-refractivity contribution in [3.8, 4) is 0 Å². The molecule has 1 heterocycles. The lowest BCUT2D eigenvalue weighted by molar-refractivity contribution is 0.140. The first-order valence-corrected chi connectivity index (χ1v) is 6.92.